The molecule has 1 aliphatic rings. The molecule has 3 N–H and O–H groups in total. The Bertz CT molecular complexity index is 1250. The molecule has 2 heterocycles. The van der Waals surface area contributed by atoms with E-state index in [9.17, 15) is 34.5 Å². The van der Waals surface area contributed by atoms with Crippen molar-refractivity contribution in [1.82, 2.24) is 9.47 Å². The summed E-state index contributed by atoms with van der Waals surface area (Å²) >= 11 is 0. The summed E-state index contributed by atoms with van der Waals surface area (Å²) in [5.74, 6) is -5.12. The third-order valence-electron chi connectivity index (χ3n) is 5.72. The van der Waals surface area contributed by atoms with E-state index in [0.29, 0.717) is 0 Å². The van der Waals surface area contributed by atoms with Crippen molar-refractivity contribution in [2.75, 3.05) is 13.1 Å². The molecule has 0 saturated carbocycles. The smallest absolute Gasteiger partial charge is 0.341 e. The number of carbonyl (C=O) groups excluding carboxylic acids is 1. The highest BCUT2D eigenvalue weighted by molar-refractivity contribution is 5.98. The van der Waals surface area contributed by atoms with Crippen LogP contribution in [0.5, 0.6) is 5.75 Å². The van der Waals surface area contributed by atoms with Crippen molar-refractivity contribution in [3.63, 3.8) is 0 Å². The molecular formula is C24H20N2O7. The number of benzene rings is 2. The van der Waals surface area contributed by atoms with E-state index in [-0.39, 0.29) is 6.54 Å². The van der Waals surface area contributed by atoms with Gasteiger partial charge in [-0.3, -0.25) is 14.4 Å². The number of amides is 1. The van der Waals surface area contributed by atoms with Crippen molar-refractivity contribution in [3.8, 4) is 5.75 Å². The molecule has 3 aromatic rings. The Kier molecular flexibility index (Phi) is 5.70. The molecule has 0 fully saturated rings. The Labute approximate surface area is 187 Å². The number of aliphatic carboxylic acids is 1. The molecule has 1 aromatic heterocycles. The third-order valence-corrected chi connectivity index (χ3v) is 5.72. The van der Waals surface area contributed by atoms with Crippen LogP contribution in [0.3, 0.4) is 0 Å². The quantitative estimate of drug-likeness (QED) is 0.525. The van der Waals surface area contributed by atoms with Crippen LogP contribution in [0.4, 0.5) is 0 Å². The minimum atomic E-state index is -1.54. The fourth-order valence-electron chi connectivity index (χ4n) is 4.31. The number of fused-ring (bicyclic) bond motifs is 1. The minimum Gasteiger partial charge on any atom is -0.503 e. The Morgan fingerprint density at radius 1 is 0.939 bits per heavy atom. The molecule has 1 amide bonds. The van der Waals surface area contributed by atoms with Gasteiger partial charge in [-0.1, -0.05) is 60.7 Å². The van der Waals surface area contributed by atoms with Gasteiger partial charge in [0.2, 0.25) is 5.43 Å². The lowest BCUT2D eigenvalue weighted by Gasteiger charge is -2.40. The van der Waals surface area contributed by atoms with Crippen LogP contribution < -0.4 is 5.43 Å². The summed E-state index contributed by atoms with van der Waals surface area (Å²) in [6.07, 6.45) is 1.05. The molecule has 0 unspecified atom stereocenters. The average molecular weight is 448 g/mol. The number of carboxylic acid groups (broad SMARTS) is 2. The van der Waals surface area contributed by atoms with Crippen LogP contribution in [0.2, 0.25) is 0 Å². The van der Waals surface area contributed by atoms with E-state index in [4.69, 9.17) is 0 Å². The van der Waals surface area contributed by atoms with Crippen LogP contribution in [-0.2, 0) is 4.79 Å². The number of aromatic carboxylic acids is 1. The van der Waals surface area contributed by atoms with E-state index in [1.165, 1.54) is 4.57 Å². The maximum Gasteiger partial charge on any atom is 0.341 e. The van der Waals surface area contributed by atoms with Crippen LogP contribution in [0.15, 0.2) is 71.7 Å². The summed E-state index contributed by atoms with van der Waals surface area (Å²) in [5.41, 5.74) is -0.646. The number of hydrogen-bond acceptors (Lipinski definition) is 5. The van der Waals surface area contributed by atoms with Crippen molar-refractivity contribution in [1.29, 1.82) is 0 Å². The molecule has 0 saturated heterocycles. The summed E-state index contributed by atoms with van der Waals surface area (Å²) in [5, 5.41) is 29.4. The lowest BCUT2D eigenvalue weighted by Crippen LogP contribution is -2.48. The standard InChI is InChI=1S/C24H20N2O7/c27-18(28)13-25-12-17(19(14-7-3-1-4-8-14)15-9-5-2-6-10-15)26-11-16(24(32)33)21(29)22(30)20(26)23(25)31/h1-11,17,19,30H,12-13H2,(H,27,28)(H,32,33)/t17-/m1/s1. The highest BCUT2D eigenvalue weighted by Crippen LogP contribution is 2.40. The number of nitrogens with zero attached hydrogens (tertiary/aromatic N) is 2. The number of aromatic hydroxyl groups is 1. The molecule has 1 aliphatic heterocycles. The first-order valence-corrected chi connectivity index (χ1v) is 10.1. The first-order chi connectivity index (χ1) is 15.8. The van der Waals surface area contributed by atoms with Gasteiger partial charge in [0.25, 0.3) is 5.91 Å². The Hall–Kier alpha value is -4.40. The van der Waals surface area contributed by atoms with Crippen molar-refractivity contribution < 1.29 is 29.7 Å². The zero-order valence-electron chi connectivity index (χ0n) is 17.3. The van der Waals surface area contributed by atoms with Crippen LogP contribution in [0.1, 0.15) is 43.9 Å². The molecule has 0 radical (unpaired) electrons. The highest BCUT2D eigenvalue weighted by Gasteiger charge is 2.40. The number of pyridine rings is 1. The fraction of sp³-hybridized carbons (Fsp3) is 0.167. The summed E-state index contributed by atoms with van der Waals surface area (Å²) < 4.78 is 1.30. The van der Waals surface area contributed by atoms with Gasteiger partial charge in [0, 0.05) is 18.7 Å². The van der Waals surface area contributed by atoms with E-state index in [0.717, 1.165) is 22.2 Å². The topological polar surface area (TPSA) is 137 Å². The van der Waals surface area contributed by atoms with Gasteiger partial charge in [-0.15, -0.1) is 0 Å². The molecule has 0 aliphatic carbocycles. The molecule has 168 valence electrons. The van der Waals surface area contributed by atoms with Crippen LogP contribution in [-0.4, -0.2) is 55.7 Å². The normalized spacial score (nSPS) is 15.4. The van der Waals surface area contributed by atoms with Gasteiger partial charge in [0.1, 0.15) is 12.1 Å². The molecule has 9 heteroatoms. The SMILES string of the molecule is O=C(O)CN1C[C@H](C(c2ccccc2)c2ccccc2)n2cc(C(=O)O)c(=O)c(O)c2C1=O. The van der Waals surface area contributed by atoms with Crippen molar-refractivity contribution in [2.45, 2.75) is 12.0 Å². The number of aromatic nitrogens is 1. The molecule has 9 nitrogen and oxygen atoms in total. The molecule has 33 heavy (non-hydrogen) atoms. The number of carboxylic acids is 2. The summed E-state index contributed by atoms with van der Waals surface area (Å²) in [4.78, 5) is 49.6. The largest absolute Gasteiger partial charge is 0.503 e. The zero-order valence-corrected chi connectivity index (χ0v) is 17.3. The molecule has 1 atom stereocenters. The summed E-state index contributed by atoms with van der Waals surface area (Å²) in [6, 6.07) is 17.8. The fourth-order valence-corrected chi connectivity index (χ4v) is 4.31. The van der Waals surface area contributed by atoms with E-state index >= 15 is 0 Å². The lowest BCUT2D eigenvalue weighted by molar-refractivity contribution is -0.138. The zero-order chi connectivity index (χ0) is 23.7. The van der Waals surface area contributed by atoms with Gasteiger partial charge in [-0.2, -0.15) is 0 Å². The average Bonchev–Trinajstić information content (AvgIpc) is 2.79. The van der Waals surface area contributed by atoms with Gasteiger partial charge < -0.3 is 24.8 Å². The van der Waals surface area contributed by atoms with Crippen LogP contribution >= 0.6 is 0 Å². The maximum atomic E-state index is 13.0. The Morgan fingerprint density at radius 2 is 1.48 bits per heavy atom. The van der Waals surface area contributed by atoms with Crippen LogP contribution in [0.25, 0.3) is 0 Å². The van der Waals surface area contributed by atoms with Gasteiger partial charge >= 0.3 is 11.9 Å². The van der Waals surface area contributed by atoms with Crippen molar-refractivity contribution >= 4 is 17.8 Å². The molecule has 2 aromatic carbocycles. The first-order valence-electron chi connectivity index (χ1n) is 10.1. The predicted octanol–water partition coefficient (Wildman–Crippen LogP) is 2.17. The van der Waals surface area contributed by atoms with E-state index in [1.807, 2.05) is 60.7 Å². The summed E-state index contributed by atoms with van der Waals surface area (Å²) in [7, 11) is 0. The van der Waals surface area contributed by atoms with E-state index in [1.54, 1.807) is 0 Å². The van der Waals surface area contributed by atoms with E-state index < -0.39 is 58.8 Å². The van der Waals surface area contributed by atoms with Gasteiger partial charge in [-0.05, 0) is 11.1 Å². The monoisotopic (exact) mass is 448 g/mol. The minimum absolute atomic E-state index is 0.0754. The lowest BCUT2D eigenvalue weighted by atomic mass is 9.83. The van der Waals surface area contributed by atoms with Crippen molar-refractivity contribution in [2.24, 2.45) is 0 Å². The Morgan fingerprint density at radius 3 is 1.97 bits per heavy atom. The summed E-state index contributed by atoms with van der Waals surface area (Å²) in [6.45, 7) is -0.714. The molecule has 4 rings (SSSR count). The predicted molar refractivity (Wildman–Crippen MR) is 117 cm³/mol. The maximum absolute atomic E-state index is 13.0. The Balaban J connectivity index is 2.00. The van der Waals surface area contributed by atoms with Gasteiger partial charge in [-0.25, -0.2) is 4.79 Å². The second-order valence-corrected chi connectivity index (χ2v) is 7.73. The second kappa shape index (κ2) is 8.62. The second-order valence-electron chi connectivity index (χ2n) is 7.73. The molecular weight excluding hydrogens is 428 g/mol. The van der Waals surface area contributed by atoms with Crippen molar-refractivity contribution in [3.05, 3.63) is 99.5 Å². The van der Waals surface area contributed by atoms with Crippen LogP contribution in [0, 0.1) is 0 Å². The third kappa shape index (κ3) is 3.96. The van der Waals surface area contributed by atoms with Gasteiger partial charge in [0.05, 0.1) is 6.04 Å². The van der Waals surface area contributed by atoms with Gasteiger partial charge in [0.15, 0.2) is 11.4 Å². The number of hydrogen-bond donors (Lipinski definition) is 3. The van der Waals surface area contributed by atoms with E-state index in [2.05, 4.69) is 0 Å². The first kappa shape index (κ1) is 21.8. The molecule has 0 spiro atoms. The number of rotatable bonds is 6. The highest BCUT2D eigenvalue weighted by atomic mass is 16.4. The number of carbonyl (C=O) groups is 3. The molecule has 0 bridgehead atoms.